The third-order valence-electron chi connectivity index (χ3n) is 6.37. The quantitative estimate of drug-likeness (QED) is 0.227. The van der Waals surface area contributed by atoms with Crippen LogP contribution in [0.15, 0.2) is 78.9 Å². The SMILES string of the molecule is COc1ccc2c(c1)c(-c1c(C)cc(C)cc1C)c1cc(OC)ccc1[n+]2-c1ccccc1. The molecule has 0 unspecified atom stereocenters. The Morgan fingerprint density at radius 3 is 1.58 bits per heavy atom. The number of nitrogens with zero attached hydrogens (tertiary/aromatic N) is 1. The highest BCUT2D eigenvalue weighted by molar-refractivity contribution is 6.09. The van der Waals surface area contributed by atoms with Gasteiger partial charge in [-0.05, 0) is 61.7 Å². The van der Waals surface area contributed by atoms with Gasteiger partial charge in [0.2, 0.25) is 16.7 Å². The number of hydrogen-bond acceptors (Lipinski definition) is 2. The van der Waals surface area contributed by atoms with E-state index in [-0.39, 0.29) is 0 Å². The van der Waals surface area contributed by atoms with E-state index in [1.165, 1.54) is 27.8 Å². The summed E-state index contributed by atoms with van der Waals surface area (Å²) < 4.78 is 13.6. The summed E-state index contributed by atoms with van der Waals surface area (Å²) in [6.07, 6.45) is 0. The first kappa shape index (κ1) is 21.0. The molecule has 4 aromatic carbocycles. The van der Waals surface area contributed by atoms with Crippen molar-refractivity contribution in [1.29, 1.82) is 0 Å². The molecular weight excluding hydrogens is 406 g/mol. The van der Waals surface area contributed by atoms with E-state index in [1.807, 2.05) is 18.2 Å². The zero-order valence-electron chi connectivity index (χ0n) is 19.8. The van der Waals surface area contributed by atoms with Crippen molar-refractivity contribution < 1.29 is 14.0 Å². The van der Waals surface area contributed by atoms with Crippen molar-refractivity contribution >= 4 is 21.8 Å². The van der Waals surface area contributed by atoms with E-state index in [2.05, 4.69) is 86.0 Å². The van der Waals surface area contributed by atoms with Gasteiger partial charge in [-0.15, -0.1) is 0 Å². The van der Waals surface area contributed by atoms with Gasteiger partial charge in [0, 0.05) is 29.8 Å². The Balaban J connectivity index is 2.06. The van der Waals surface area contributed by atoms with Gasteiger partial charge in [-0.3, -0.25) is 0 Å². The summed E-state index contributed by atoms with van der Waals surface area (Å²) in [5, 5.41) is 2.29. The number of ether oxygens (including phenoxy) is 2. The topological polar surface area (TPSA) is 22.3 Å². The number of methoxy groups -OCH3 is 2. The maximum absolute atomic E-state index is 5.66. The van der Waals surface area contributed by atoms with Crippen LogP contribution in [0.4, 0.5) is 0 Å². The van der Waals surface area contributed by atoms with Gasteiger partial charge in [0.1, 0.15) is 11.5 Å². The Morgan fingerprint density at radius 1 is 0.576 bits per heavy atom. The standard InChI is InChI=1S/C30H28NO2/c1-19-15-20(2)29(21(3)16-19)30-25-17-23(32-4)11-13-27(25)31(22-9-7-6-8-10-22)28-14-12-24(33-5)18-26(28)30/h6-18H,1-5H3/q+1. The molecule has 0 saturated carbocycles. The van der Waals surface area contributed by atoms with Crippen LogP contribution in [0.5, 0.6) is 11.5 Å². The number of benzene rings is 4. The van der Waals surface area contributed by atoms with Gasteiger partial charge in [-0.2, -0.15) is 4.57 Å². The molecule has 1 heterocycles. The van der Waals surface area contributed by atoms with Crippen LogP contribution in [-0.2, 0) is 0 Å². The summed E-state index contributed by atoms with van der Waals surface area (Å²) in [5.74, 6) is 1.68. The summed E-state index contributed by atoms with van der Waals surface area (Å²) in [7, 11) is 3.44. The molecule has 33 heavy (non-hydrogen) atoms. The van der Waals surface area contributed by atoms with E-state index in [0.29, 0.717) is 0 Å². The molecule has 3 heteroatoms. The van der Waals surface area contributed by atoms with Crippen LogP contribution in [0.1, 0.15) is 16.7 Å². The van der Waals surface area contributed by atoms with E-state index >= 15 is 0 Å². The van der Waals surface area contributed by atoms with Gasteiger partial charge in [-0.25, -0.2) is 0 Å². The van der Waals surface area contributed by atoms with E-state index in [0.717, 1.165) is 39.0 Å². The minimum Gasteiger partial charge on any atom is -0.497 e. The molecule has 3 nitrogen and oxygen atoms in total. The normalized spacial score (nSPS) is 11.2. The van der Waals surface area contributed by atoms with Crippen LogP contribution >= 0.6 is 0 Å². The maximum Gasteiger partial charge on any atom is 0.219 e. The predicted octanol–water partition coefficient (Wildman–Crippen LogP) is 6.88. The highest BCUT2D eigenvalue weighted by atomic mass is 16.5. The number of fused-ring (bicyclic) bond motifs is 2. The number of aryl methyl sites for hydroxylation is 3. The zero-order chi connectivity index (χ0) is 23.1. The second-order valence-corrected chi connectivity index (χ2v) is 8.59. The van der Waals surface area contributed by atoms with Crippen molar-refractivity contribution in [2.45, 2.75) is 20.8 Å². The highest BCUT2D eigenvalue weighted by Crippen LogP contribution is 2.40. The van der Waals surface area contributed by atoms with Gasteiger partial charge < -0.3 is 9.47 Å². The molecule has 0 saturated heterocycles. The van der Waals surface area contributed by atoms with Crippen molar-refractivity contribution in [2.75, 3.05) is 14.2 Å². The number of rotatable bonds is 4. The lowest BCUT2D eigenvalue weighted by molar-refractivity contribution is -0.537. The minimum absolute atomic E-state index is 0.841. The summed E-state index contributed by atoms with van der Waals surface area (Å²) in [4.78, 5) is 0. The fourth-order valence-corrected chi connectivity index (χ4v) is 5.05. The molecule has 5 aromatic rings. The maximum atomic E-state index is 5.66. The fourth-order valence-electron chi connectivity index (χ4n) is 5.05. The molecule has 0 amide bonds. The number of para-hydroxylation sites is 1. The smallest absolute Gasteiger partial charge is 0.219 e. The predicted molar refractivity (Wildman–Crippen MR) is 136 cm³/mol. The van der Waals surface area contributed by atoms with Gasteiger partial charge in [0.05, 0.1) is 25.0 Å². The number of pyridine rings is 1. The van der Waals surface area contributed by atoms with E-state index in [1.54, 1.807) is 14.2 Å². The summed E-state index contributed by atoms with van der Waals surface area (Å²) in [5.41, 5.74) is 9.65. The Hall–Kier alpha value is -3.85. The molecule has 0 bridgehead atoms. The van der Waals surface area contributed by atoms with Crippen molar-refractivity contribution in [3.8, 4) is 28.3 Å². The second-order valence-electron chi connectivity index (χ2n) is 8.59. The molecule has 164 valence electrons. The molecule has 0 aliphatic rings. The summed E-state index contributed by atoms with van der Waals surface area (Å²) in [6, 6.07) is 27.7. The van der Waals surface area contributed by atoms with Crippen LogP contribution in [-0.4, -0.2) is 14.2 Å². The lowest BCUT2D eigenvalue weighted by Crippen LogP contribution is -2.33. The second kappa shape index (κ2) is 8.25. The fraction of sp³-hybridized carbons (Fsp3) is 0.167. The minimum atomic E-state index is 0.841. The highest BCUT2D eigenvalue weighted by Gasteiger charge is 2.25. The molecule has 0 spiro atoms. The Bertz CT molecular complexity index is 1420. The first-order valence-corrected chi connectivity index (χ1v) is 11.2. The van der Waals surface area contributed by atoms with Crippen LogP contribution in [0.2, 0.25) is 0 Å². The van der Waals surface area contributed by atoms with Crippen molar-refractivity contribution in [3.05, 3.63) is 95.6 Å². The van der Waals surface area contributed by atoms with Gasteiger partial charge in [0.25, 0.3) is 0 Å². The molecule has 0 atom stereocenters. The Labute approximate surface area is 194 Å². The van der Waals surface area contributed by atoms with Crippen molar-refractivity contribution in [2.24, 2.45) is 0 Å². The molecule has 0 aliphatic carbocycles. The monoisotopic (exact) mass is 434 g/mol. The van der Waals surface area contributed by atoms with Crippen LogP contribution < -0.4 is 14.0 Å². The molecular formula is C30H28NO2+. The molecule has 0 aliphatic heterocycles. The summed E-state index contributed by atoms with van der Waals surface area (Å²) in [6.45, 7) is 6.55. The lowest BCUT2D eigenvalue weighted by atomic mass is 9.88. The molecule has 0 N–H and O–H groups in total. The van der Waals surface area contributed by atoms with Crippen molar-refractivity contribution in [3.63, 3.8) is 0 Å². The van der Waals surface area contributed by atoms with Gasteiger partial charge in [-0.1, -0.05) is 35.9 Å². The molecule has 0 radical (unpaired) electrons. The summed E-state index contributed by atoms with van der Waals surface area (Å²) >= 11 is 0. The van der Waals surface area contributed by atoms with E-state index < -0.39 is 0 Å². The first-order chi connectivity index (χ1) is 16.0. The average molecular weight is 435 g/mol. The third kappa shape index (κ3) is 3.50. The Morgan fingerprint density at radius 2 is 1.09 bits per heavy atom. The number of hydrogen-bond donors (Lipinski definition) is 0. The molecule has 5 rings (SSSR count). The zero-order valence-corrected chi connectivity index (χ0v) is 19.8. The van der Waals surface area contributed by atoms with Crippen LogP contribution in [0, 0.1) is 20.8 Å². The van der Waals surface area contributed by atoms with Gasteiger partial charge in [0.15, 0.2) is 0 Å². The lowest BCUT2D eigenvalue weighted by Gasteiger charge is -2.17. The molecule has 0 fully saturated rings. The average Bonchev–Trinajstić information content (AvgIpc) is 2.83. The largest absolute Gasteiger partial charge is 0.497 e. The number of aromatic nitrogens is 1. The van der Waals surface area contributed by atoms with E-state index in [9.17, 15) is 0 Å². The first-order valence-electron chi connectivity index (χ1n) is 11.2. The Kier molecular flexibility index (Phi) is 5.26. The van der Waals surface area contributed by atoms with E-state index in [4.69, 9.17) is 9.47 Å². The van der Waals surface area contributed by atoms with Gasteiger partial charge >= 0.3 is 0 Å². The molecule has 1 aromatic heterocycles. The third-order valence-corrected chi connectivity index (χ3v) is 6.37. The van der Waals surface area contributed by atoms with Crippen LogP contribution in [0.3, 0.4) is 0 Å². The van der Waals surface area contributed by atoms with Crippen LogP contribution in [0.25, 0.3) is 38.6 Å². The van der Waals surface area contributed by atoms with Crippen molar-refractivity contribution in [1.82, 2.24) is 0 Å².